The minimum atomic E-state index is 0.877. The average molecular weight is 663 g/mol. The second-order valence-corrected chi connectivity index (χ2v) is 13.5. The molecular formula is C49H30N2O. The zero-order valence-corrected chi connectivity index (χ0v) is 28.1. The van der Waals surface area contributed by atoms with Crippen LogP contribution in [0.15, 0.2) is 186 Å². The Bertz CT molecular complexity index is 3110. The summed E-state index contributed by atoms with van der Waals surface area (Å²) in [5.41, 5.74) is 11.3. The van der Waals surface area contributed by atoms with Crippen molar-refractivity contribution in [2.24, 2.45) is 0 Å². The quantitative estimate of drug-likeness (QED) is 0.176. The van der Waals surface area contributed by atoms with Crippen molar-refractivity contribution in [2.45, 2.75) is 0 Å². The van der Waals surface area contributed by atoms with Crippen LogP contribution in [0.5, 0.6) is 0 Å². The van der Waals surface area contributed by atoms with Crippen molar-refractivity contribution in [3.05, 3.63) is 182 Å². The molecule has 3 heteroatoms. The lowest BCUT2D eigenvalue weighted by Crippen LogP contribution is -1.96. The second kappa shape index (κ2) is 11.3. The number of fused-ring (bicyclic) bond motifs is 10. The van der Waals surface area contributed by atoms with Crippen molar-refractivity contribution in [1.82, 2.24) is 9.55 Å². The second-order valence-electron chi connectivity index (χ2n) is 13.5. The van der Waals surface area contributed by atoms with Gasteiger partial charge in [-0.05, 0) is 58.1 Å². The summed E-state index contributed by atoms with van der Waals surface area (Å²) >= 11 is 0. The monoisotopic (exact) mass is 662 g/mol. The molecule has 0 unspecified atom stereocenters. The fourth-order valence-corrected chi connectivity index (χ4v) is 8.21. The number of furan rings is 1. The highest BCUT2D eigenvalue weighted by Gasteiger charge is 2.22. The van der Waals surface area contributed by atoms with E-state index in [1.807, 2.05) is 12.1 Å². The van der Waals surface area contributed by atoms with Gasteiger partial charge in [0, 0.05) is 38.2 Å². The van der Waals surface area contributed by atoms with Gasteiger partial charge in [0.15, 0.2) is 0 Å². The lowest BCUT2D eigenvalue weighted by atomic mass is 9.98. The molecule has 3 heterocycles. The number of para-hydroxylation sites is 2. The SMILES string of the molecule is c1ccc(-c2cc(-c3cccc4c3oc3c4ccc4c3c3ccccc3n4-c3cc4ccccc4c4ccccc34)cc(-c3ccccc3)n2)cc1. The molecule has 52 heavy (non-hydrogen) atoms. The van der Waals surface area contributed by atoms with Gasteiger partial charge in [0.2, 0.25) is 0 Å². The van der Waals surface area contributed by atoms with E-state index in [1.54, 1.807) is 0 Å². The third-order valence-corrected chi connectivity index (χ3v) is 10.6. The normalized spacial score (nSPS) is 11.8. The van der Waals surface area contributed by atoms with E-state index in [0.29, 0.717) is 0 Å². The van der Waals surface area contributed by atoms with Crippen molar-refractivity contribution in [3.8, 4) is 39.3 Å². The molecule has 242 valence electrons. The number of nitrogens with zero attached hydrogens (tertiary/aromatic N) is 2. The van der Waals surface area contributed by atoms with Gasteiger partial charge in [-0.3, -0.25) is 0 Å². The highest BCUT2D eigenvalue weighted by Crippen LogP contribution is 2.44. The van der Waals surface area contributed by atoms with Gasteiger partial charge in [-0.2, -0.15) is 0 Å². The molecule has 0 spiro atoms. The van der Waals surface area contributed by atoms with Gasteiger partial charge in [-0.15, -0.1) is 0 Å². The molecule has 3 nitrogen and oxygen atoms in total. The van der Waals surface area contributed by atoms with Crippen LogP contribution in [-0.2, 0) is 0 Å². The Morgan fingerprint density at radius 1 is 0.385 bits per heavy atom. The highest BCUT2D eigenvalue weighted by molar-refractivity contribution is 6.25. The maximum atomic E-state index is 7.12. The molecule has 8 aromatic carbocycles. The lowest BCUT2D eigenvalue weighted by molar-refractivity contribution is 0.674. The van der Waals surface area contributed by atoms with Gasteiger partial charge in [-0.25, -0.2) is 4.98 Å². The molecule has 0 saturated carbocycles. The molecule has 0 bridgehead atoms. The Balaban J connectivity index is 1.20. The summed E-state index contributed by atoms with van der Waals surface area (Å²) in [5.74, 6) is 0. The minimum absolute atomic E-state index is 0.877. The number of pyridine rings is 1. The molecule has 0 fully saturated rings. The number of hydrogen-bond donors (Lipinski definition) is 0. The van der Waals surface area contributed by atoms with Crippen LogP contribution in [0.2, 0.25) is 0 Å². The van der Waals surface area contributed by atoms with E-state index in [2.05, 4.69) is 174 Å². The molecule has 0 atom stereocenters. The molecule has 11 rings (SSSR count). The number of benzene rings is 8. The number of hydrogen-bond acceptors (Lipinski definition) is 2. The zero-order valence-electron chi connectivity index (χ0n) is 28.1. The standard InChI is InChI=1S/C49H30N2O/c1-3-14-31(15-4-1)42-28-34(29-43(50-42)32-16-5-2-6-17-32)36-23-13-24-39-40-26-27-45-47(49(40)52-48(36)39)41-22-11-12-25-44(41)51(45)46-30-33-18-7-8-19-35(33)37-20-9-10-21-38(37)46/h1-30H. The molecular weight excluding hydrogens is 633 g/mol. The minimum Gasteiger partial charge on any atom is -0.455 e. The Hall–Kier alpha value is -6.97. The highest BCUT2D eigenvalue weighted by atomic mass is 16.3. The maximum Gasteiger partial charge on any atom is 0.145 e. The van der Waals surface area contributed by atoms with E-state index >= 15 is 0 Å². The Morgan fingerprint density at radius 2 is 0.981 bits per heavy atom. The molecule has 0 radical (unpaired) electrons. The van der Waals surface area contributed by atoms with Gasteiger partial charge in [-0.1, -0.05) is 146 Å². The largest absolute Gasteiger partial charge is 0.455 e. The van der Waals surface area contributed by atoms with E-state index in [9.17, 15) is 0 Å². The van der Waals surface area contributed by atoms with Gasteiger partial charge >= 0.3 is 0 Å². The summed E-state index contributed by atoms with van der Waals surface area (Å²) in [7, 11) is 0. The summed E-state index contributed by atoms with van der Waals surface area (Å²) in [6, 6.07) is 64.7. The van der Waals surface area contributed by atoms with Gasteiger partial charge in [0.1, 0.15) is 11.2 Å². The van der Waals surface area contributed by atoms with Crippen molar-refractivity contribution >= 4 is 65.3 Å². The fraction of sp³-hybridized carbons (Fsp3) is 0. The van der Waals surface area contributed by atoms with E-state index in [-0.39, 0.29) is 0 Å². The fourth-order valence-electron chi connectivity index (χ4n) is 8.21. The maximum absolute atomic E-state index is 7.12. The Morgan fingerprint density at radius 3 is 1.73 bits per heavy atom. The summed E-state index contributed by atoms with van der Waals surface area (Å²) in [6.07, 6.45) is 0. The molecule has 0 saturated heterocycles. The lowest BCUT2D eigenvalue weighted by Gasteiger charge is -2.14. The zero-order chi connectivity index (χ0) is 34.2. The Labute approximate surface area is 299 Å². The first kappa shape index (κ1) is 28.8. The first-order valence-electron chi connectivity index (χ1n) is 17.7. The van der Waals surface area contributed by atoms with Crippen molar-refractivity contribution in [2.75, 3.05) is 0 Å². The first-order valence-corrected chi connectivity index (χ1v) is 17.7. The summed E-state index contributed by atoms with van der Waals surface area (Å²) in [6.45, 7) is 0. The van der Waals surface area contributed by atoms with E-state index < -0.39 is 0 Å². The van der Waals surface area contributed by atoms with Gasteiger partial charge in [0.25, 0.3) is 0 Å². The molecule has 0 amide bonds. The van der Waals surface area contributed by atoms with Crippen molar-refractivity contribution in [3.63, 3.8) is 0 Å². The predicted molar refractivity (Wildman–Crippen MR) is 217 cm³/mol. The molecule has 11 aromatic rings. The summed E-state index contributed by atoms with van der Waals surface area (Å²) < 4.78 is 9.55. The van der Waals surface area contributed by atoms with Crippen LogP contribution in [-0.4, -0.2) is 9.55 Å². The van der Waals surface area contributed by atoms with Crippen LogP contribution in [0.4, 0.5) is 0 Å². The van der Waals surface area contributed by atoms with Crippen LogP contribution in [0, 0.1) is 0 Å². The van der Waals surface area contributed by atoms with Crippen LogP contribution >= 0.6 is 0 Å². The van der Waals surface area contributed by atoms with Gasteiger partial charge in [0.05, 0.1) is 33.5 Å². The van der Waals surface area contributed by atoms with Crippen LogP contribution in [0.1, 0.15) is 0 Å². The molecule has 0 N–H and O–H groups in total. The summed E-state index contributed by atoms with van der Waals surface area (Å²) in [4.78, 5) is 5.14. The number of rotatable bonds is 4. The predicted octanol–water partition coefficient (Wildman–Crippen LogP) is 13.4. The Kier molecular flexibility index (Phi) is 6.25. The van der Waals surface area contributed by atoms with Gasteiger partial charge < -0.3 is 8.98 Å². The smallest absolute Gasteiger partial charge is 0.145 e. The molecule has 3 aromatic heterocycles. The first-order chi connectivity index (χ1) is 25.8. The van der Waals surface area contributed by atoms with E-state index in [4.69, 9.17) is 9.40 Å². The van der Waals surface area contributed by atoms with Crippen molar-refractivity contribution < 1.29 is 4.42 Å². The van der Waals surface area contributed by atoms with Crippen LogP contribution < -0.4 is 0 Å². The molecule has 0 aliphatic heterocycles. The molecule has 0 aliphatic carbocycles. The summed E-state index contributed by atoms with van der Waals surface area (Å²) in [5, 5.41) is 9.45. The average Bonchev–Trinajstić information content (AvgIpc) is 3.77. The van der Waals surface area contributed by atoms with Crippen LogP contribution in [0.3, 0.4) is 0 Å². The molecule has 0 aliphatic rings. The third kappa shape index (κ3) is 4.30. The number of aromatic nitrogens is 2. The van der Waals surface area contributed by atoms with Crippen LogP contribution in [0.25, 0.3) is 105 Å². The van der Waals surface area contributed by atoms with Crippen molar-refractivity contribution in [1.29, 1.82) is 0 Å². The third-order valence-electron chi connectivity index (χ3n) is 10.6. The topological polar surface area (TPSA) is 31.0 Å². The van der Waals surface area contributed by atoms with E-state index in [1.165, 1.54) is 26.9 Å². The van der Waals surface area contributed by atoms with E-state index in [0.717, 1.165) is 77.7 Å².